The molecule has 0 saturated heterocycles. The number of halogens is 3. The molecule has 0 spiro atoms. The minimum atomic E-state index is -1.04. The van der Waals surface area contributed by atoms with E-state index >= 15 is 0 Å². The minimum Gasteiger partial charge on any atom is -0.449 e. The highest BCUT2D eigenvalue weighted by atomic mass is 35.5. The number of benzene rings is 1. The van der Waals surface area contributed by atoms with Gasteiger partial charge in [-0.3, -0.25) is 4.79 Å². The van der Waals surface area contributed by atoms with Crippen molar-refractivity contribution in [3.63, 3.8) is 0 Å². The third-order valence-electron chi connectivity index (χ3n) is 2.76. The maximum Gasteiger partial charge on any atom is 0.342 e. The Labute approximate surface area is 147 Å². The van der Waals surface area contributed by atoms with Gasteiger partial charge in [0, 0.05) is 21.9 Å². The van der Waals surface area contributed by atoms with Gasteiger partial charge in [0.05, 0.1) is 5.56 Å². The third kappa shape index (κ3) is 4.82. The van der Waals surface area contributed by atoms with Gasteiger partial charge < -0.3 is 10.1 Å². The monoisotopic (exact) mass is 372 g/mol. The molecule has 0 bridgehead atoms. The highest BCUT2D eigenvalue weighted by Gasteiger charge is 2.21. The first-order valence-electron chi connectivity index (χ1n) is 6.45. The van der Waals surface area contributed by atoms with E-state index in [1.165, 1.54) is 37.4 Å². The first kappa shape index (κ1) is 17.5. The molecule has 1 N–H and O–H groups in total. The average molecular weight is 374 g/mol. The van der Waals surface area contributed by atoms with Crippen LogP contribution in [0.5, 0.6) is 0 Å². The molecule has 23 heavy (non-hydrogen) atoms. The molecule has 1 atom stereocenters. The van der Waals surface area contributed by atoms with Gasteiger partial charge >= 0.3 is 5.97 Å². The van der Waals surface area contributed by atoms with Gasteiger partial charge in [-0.25, -0.2) is 9.78 Å². The number of pyridine rings is 1. The van der Waals surface area contributed by atoms with Crippen LogP contribution in [0.15, 0.2) is 36.5 Å². The number of amides is 1. The first-order chi connectivity index (χ1) is 10.9. The predicted molar refractivity (Wildman–Crippen MR) is 89.2 cm³/mol. The summed E-state index contributed by atoms with van der Waals surface area (Å²) in [5, 5.41) is 3.32. The summed E-state index contributed by atoms with van der Waals surface area (Å²) in [6, 6.07) is 7.59. The number of carbonyl (C=O) groups is 2. The van der Waals surface area contributed by atoms with Gasteiger partial charge in [0.1, 0.15) is 5.15 Å². The van der Waals surface area contributed by atoms with Crippen molar-refractivity contribution in [1.82, 2.24) is 4.98 Å². The van der Waals surface area contributed by atoms with Crippen molar-refractivity contribution in [1.29, 1.82) is 0 Å². The number of aromatic nitrogens is 1. The Balaban J connectivity index is 2.02. The maximum absolute atomic E-state index is 12.1. The lowest BCUT2D eigenvalue weighted by Gasteiger charge is -2.14. The molecule has 8 heteroatoms. The highest BCUT2D eigenvalue weighted by Crippen LogP contribution is 2.22. The summed E-state index contributed by atoms with van der Waals surface area (Å²) >= 11 is 17.5. The fraction of sp³-hybridized carbons (Fsp3) is 0.133. The van der Waals surface area contributed by atoms with Crippen molar-refractivity contribution in [2.24, 2.45) is 0 Å². The molecule has 1 aromatic carbocycles. The zero-order valence-corrected chi connectivity index (χ0v) is 14.1. The van der Waals surface area contributed by atoms with Crippen LogP contribution in [0.25, 0.3) is 0 Å². The predicted octanol–water partition coefficient (Wildman–Crippen LogP) is 4.23. The van der Waals surface area contributed by atoms with Gasteiger partial charge in [-0.15, -0.1) is 0 Å². The topological polar surface area (TPSA) is 68.3 Å². The van der Waals surface area contributed by atoms with Gasteiger partial charge in [0.2, 0.25) is 0 Å². The van der Waals surface area contributed by atoms with Crippen molar-refractivity contribution in [2.45, 2.75) is 13.0 Å². The van der Waals surface area contributed by atoms with E-state index < -0.39 is 18.0 Å². The summed E-state index contributed by atoms with van der Waals surface area (Å²) in [5.74, 6) is -1.27. The molecule has 0 saturated carbocycles. The van der Waals surface area contributed by atoms with Crippen molar-refractivity contribution in [2.75, 3.05) is 5.32 Å². The Morgan fingerprint density at radius 2 is 1.83 bits per heavy atom. The Hall–Kier alpha value is -1.82. The Bertz CT molecular complexity index is 732. The fourth-order valence-corrected chi connectivity index (χ4v) is 2.41. The number of nitrogens with one attached hydrogen (secondary N) is 1. The van der Waals surface area contributed by atoms with Crippen LogP contribution in [0.3, 0.4) is 0 Å². The molecule has 2 aromatic rings. The zero-order chi connectivity index (χ0) is 17.0. The number of hydrogen-bond donors (Lipinski definition) is 1. The van der Waals surface area contributed by atoms with Crippen molar-refractivity contribution < 1.29 is 14.3 Å². The van der Waals surface area contributed by atoms with Crippen molar-refractivity contribution >= 4 is 52.4 Å². The summed E-state index contributed by atoms with van der Waals surface area (Å²) in [6.45, 7) is 1.43. The number of esters is 1. The number of carbonyl (C=O) groups excluding carboxylic acids is 2. The molecule has 0 radical (unpaired) electrons. The van der Waals surface area contributed by atoms with Crippen LogP contribution in [0.1, 0.15) is 17.3 Å². The molecule has 0 fully saturated rings. The molecule has 1 heterocycles. The Morgan fingerprint density at radius 1 is 1.17 bits per heavy atom. The minimum absolute atomic E-state index is 0.00623. The van der Waals surface area contributed by atoms with E-state index in [-0.39, 0.29) is 10.7 Å². The number of anilines is 1. The van der Waals surface area contributed by atoms with E-state index in [9.17, 15) is 9.59 Å². The van der Waals surface area contributed by atoms with Crippen LogP contribution in [0.4, 0.5) is 5.69 Å². The van der Waals surface area contributed by atoms with E-state index in [0.29, 0.717) is 15.7 Å². The molecular formula is C15H11Cl3N2O3. The van der Waals surface area contributed by atoms with Crippen LogP contribution >= 0.6 is 34.8 Å². The van der Waals surface area contributed by atoms with Crippen molar-refractivity contribution in [3.8, 4) is 0 Å². The molecular weight excluding hydrogens is 363 g/mol. The fourth-order valence-electron chi connectivity index (χ4n) is 1.69. The van der Waals surface area contributed by atoms with E-state index in [0.717, 1.165) is 0 Å². The number of nitrogens with zero attached hydrogens (tertiary/aromatic N) is 1. The Morgan fingerprint density at radius 3 is 2.43 bits per heavy atom. The highest BCUT2D eigenvalue weighted by molar-refractivity contribution is 6.35. The molecule has 120 valence electrons. The lowest BCUT2D eigenvalue weighted by Crippen LogP contribution is -2.30. The molecule has 0 aliphatic carbocycles. The quantitative estimate of drug-likeness (QED) is 0.643. The lowest BCUT2D eigenvalue weighted by molar-refractivity contribution is -0.123. The second-order valence-electron chi connectivity index (χ2n) is 4.54. The second-order valence-corrected chi connectivity index (χ2v) is 5.77. The van der Waals surface area contributed by atoms with E-state index in [1.54, 1.807) is 6.07 Å². The normalized spacial score (nSPS) is 11.7. The third-order valence-corrected chi connectivity index (χ3v) is 3.50. The number of rotatable bonds is 4. The standard InChI is InChI=1S/C15H11Cl3N2O3/c1-8(23-15(22)12-3-2-4-19-13(12)18)14(21)20-11-6-9(16)5-10(17)7-11/h2-8H,1H3,(H,20,21). The molecule has 5 nitrogen and oxygen atoms in total. The number of hydrogen-bond acceptors (Lipinski definition) is 4. The Kier molecular flexibility index (Phi) is 5.82. The van der Waals surface area contributed by atoms with Gasteiger partial charge in [0.15, 0.2) is 6.10 Å². The number of ether oxygens (including phenoxy) is 1. The van der Waals surface area contributed by atoms with Crippen LogP contribution < -0.4 is 5.32 Å². The van der Waals surface area contributed by atoms with Crippen LogP contribution in [-0.4, -0.2) is 23.0 Å². The lowest BCUT2D eigenvalue weighted by atomic mass is 10.2. The first-order valence-corrected chi connectivity index (χ1v) is 7.58. The average Bonchev–Trinajstić information content (AvgIpc) is 2.46. The summed E-state index contributed by atoms with van der Waals surface area (Å²) in [5.41, 5.74) is 0.481. The molecule has 2 rings (SSSR count). The zero-order valence-electron chi connectivity index (χ0n) is 11.8. The summed E-state index contributed by atoms with van der Waals surface area (Å²) < 4.78 is 5.07. The molecule has 1 unspecified atom stereocenters. The van der Waals surface area contributed by atoms with Crippen LogP contribution in [0, 0.1) is 0 Å². The van der Waals surface area contributed by atoms with E-state index in [4.69, 9.17) is 39.5 Å². The van der Waals surface area contributed by atoms with Gasteiger partial charge in [-0.05, 0) is 37.3 Å². The maximum atomic E-state index is 12.1. The van der Waals surface area contributed by atoms with E-state index in [2.05, 4.69) is 10.3 Å². The van der Waals surface area contributed by atoms with Gasteiger partial charge in [-0.2, -0.15) is 0 Å². The summed E-state index contributed by atoms with van der Waals surface area (Å²) in [7, 11) is 0. The van der Waals surface area contributed by atoms with Crippen molar-refractivity contribution in [3.05, 3.63) is 57.3 Å². The summed E-state index contributed by atoms with van der Waals surface area (Å²) in [6.07, 6.45) is 0.398. The molecule has 1 aromatic heterocycles. The van der Waals surface area contributed by atoms with Gasteiger partial charge in [0.25, 0.3) is 5.91 Å². The SMILES string of the molecule is CC(OC(=O)c1cccnc1Cl)C(=O)Nc1cc(Cl)cc(Cl)c1. The summed E-state index contributed by atoms with van der Waals surface area (Å²) in [4.78, 5) is 27.8. The van der Waals surface area contributed by atoms with Crippen LogP contribution in [-0.2, 0) is 9.53 Å². The smallest absolute Gasteiger partial charge is 0.342 e. The molecule has 0 aliphatic heterocycles. The molecule has 0 aliphatic rings. The molecule has 1 amide bonds. The second kappa shape index (κ2) is 7.64. The van der Waals surface area contributed by atoms with E-state index in [1.807, 2.05) is 0 Å². The largest absolute Gasteiger partial charge is 0.449 e. The van der Waals surface area contributed by atoms with Crippen LogP contribution in [0.2, 0.25) is 15.2 Å². The van der Waals surface area contributed by atoms with Gasteiger partial charge in [-0.1, -0.05) is 34.8 Å².